The highest BCUT2D eigenvalue weighted by molar-refractivity contribution is 5.00. The van der Waals surface area contributed by atoms with Gasteiger partial charge in [0.25, 0.3) is 0 Å². The van der Waals surface area contributed by atoms with Gasteiger partial charge in [-0.3, -0.25) is 9.58 Å². The van der Waals surface area contributed by atoms with Gasteiger partial charge in [0.1, 0.15) is 0 Å². The molecule has 2 heterocycles. The molecule has 1 saturated heterocycles. The number of hydrogen-bond acceptors (Lipinski definition) is 3. The molecule has 2 rings (SSSR count). The smallest absolute Gasteiger partial charge is 0.0765 e. The summed E-state index contributed by atoms with van der Waals surface area (Å²) in [7, 11) is 0. The zero-order chi connectivity index (χ0) is 14.4. The molecular formula is C16H30N4. The summed E-state index contributed by atoms with van der Waals surface area (Å²) < 4.78 is 2.06. The zero-order valence-corrected chi connectivity index (χ0v) is 13.3. The Labute approximate surface area is 123 Å². The number of rotatable bonds is 7. The van der Waals surface area contributed by atoms with E-state index in [1.54, 1.807) is 0 Å². The SMILES string of the molecule is CCCNCC1CCCCN1Cc1ccn(C(C)C)n1. The molecule has 1 aliphatic rings. The second-order valence-corrected chi connectivity index (χ2v) is 6.21. The quantitative estimate of drug-likeness (QED) is 0.779. The minimum Gasteiger partial charge on any atom is -0.315 e. The molecule has 0 radical (unpaired) electrons. The third kappa shape index (κ3) is 4.32. The molecule has 0 aliphatic carbocycles. The van der Waals surface area contributed by atoms with E-state index in [4.69, 9.17) is 0 Å². The molecule has 0 bridgehead atoms. The van der Waals surface area contributed by atoms with Crippen molar-refractivity contribution in [2.75, 3.05) is 19.6 Å². The van der Waals surface area contributed by atoms with Gasteiger partial charge in [0, 0.05) is 31.4 Å². The number of hydrogen-bond donors (Lipinski definition) is 1. The second-order valence-electron chi connectivity index (χ2n) is 6.21. The summed E-state index contributed by atoms with van der Waals surface area (Å²) in [6.45, 7) is 11.0. The number of nitrogens with one attached hydrogen (secondary N) is 1. The van der Waals surface area contributed by atoms with Gasteiger partial charge in [-0.1, -0.05) is 13.3 Å². The number of nitrogens with zero attached hydrogens (tertiary/aromatic N) is 3. The van der Waals surface area contributed by atoms with Crippen LogP contribution in [0.1, 0.15) is 58.2 Å². The Hall–Kier alpha value is -0.870. The van der Waals surface area contributed by atoms with E-state index in [0.717, 1.165) is 19.6 Å². The van der Waals surface area contributed by atoms with Gasteiger partial charge < -0.3 is 5.32 Å². The topological polar surface area (TPSA) is 33.1 Å². The van der Waals surface area contributed by atoms with E-state index < -0.39 is 0 Å². The molecule has 1 aliphatic heterocycles. The maximum absolute atomic E-state index is 4.69. The van der Waals surface area contributed by atoms with Crippen molar-refractivity contribution in [3.05, 3.63) is 18.0 Å². The van der Waals surface area contributed by atoms with Gasteiger partial charge in [0.15, 0.2) is 0 Å². The molecule has 1 atom stereocenters. The summed E-state index contributed by atoms with van der Waals surface area (Å²) in [5.41, 5.74) is 1.21. The van der Waals surface area contributed by atoms with Crippen LogP contribution >= 0.6 is 0 Å². The van der Waals surface area contributed by atoms with Crippen molar-refractivity contribution in [2.45, 2.75) is 65.1 Å². The van der Waals surface area contributed by atoms with Gasteiger partial charge in [0.05, 0.1) is 5.69 Å². The highest BCUT2D eigenvalue weighted by atomic mass is 15.3. The van der Waals surface area contributed by atoms with E-state index in [1.165, 1.54) is 37.9 Å². The number of piperidine rings is 1. The first-order valence-corrected chi connectivity index (χ1v) is 8.19. The van der Waals surface area contributed by atoms with E-state index in [1.807, 2.05) is 0 Å². The van der Waals surface area contributed by atoms with Crippen molar-refractivity contribution in [2.24, 2.45) is 0 Å². The molecule has 0 aromatic carbocycles. The molecule has 20 heavy (non-hydrogen) atoms. The van der Waals surface area contributed by atoms with Gasteiger partial charge in [-0.25, -0.2) is 0 Å². The van der Waals surface area contributed by atoms with Gasteiger partial charge in [-0.2, -0.15) is 5.10 Å². The molecule has 1 fully saturated rings. The lowest BCUT2D eigenvalue weighted by Gasteiger charge is -2.35. The largest absolute Gasteiger partial charge is 0.315 e. The van der Waals surface area contributed by atoms with Crippen LogP contribution in [0.25, 0.3) is 0 Å². The minimum atomic E-state index is 0.451. The van der Waals surface area contributed by atoms with Crippen molar-refractivity contribution in [3.8, 4) is 0 Å². The summed E-state index contributed by atoms with van der Waals surface area (Å²) in [4.78, 5) is 2.61. The van der Waals surface area contributed by atoms with Crippen molar-refractivity contribution in [1.29, 1.82) is 0 Å². The van der Waals surface area contributed by atoms with E-state index in [-0.39, 0.29) is 0 Å². The van der Waals surface area contributed by atoms with Crippen molar-refractivity contribution in [1.82, 2.24) is 20.0 Å². The van der Waals surface area contributed by atoms with Crippen molar-refractivity contribution < 1.29 is 0 Å². The summed E-state index contributed by atoms with van der Waals surface area (Å²) in [6.07, 6.45) is 7.34. The lowest BCUT2D eigenvalue weighted by Crippen LogP contribution is -2.45. The maximum atomic E-state index is 4.69. The second kappa shape index (κ2) is 7.79. The predicted octanol–water partition coefficient (Wildman–Crippen LogP) is 2.82. The standard InChI is InChI=1S/C16H30N4/c1-4-9-17-12-16-7-5-6-10-19(16)13-15-8-11-20(18-15)14(2)3/h8,11,14,16-17H,4-7,9-10,12-13H2,1-3H3. The Morgan fingerprint density at radius 1 is 1.40 bits per heavy atom. The summed E-state index contributed by atoms with van der Waals surface area (Å²) in [5, 5.41) is 8.27. The monoisotopic (exact) mass is 278 g/mol. The third-order valence-electron chi connectivity index (χ3n) is 4.11. The number of likely N-dealkylation sites (tertiary alicyclic amines) is 1. The molecule has 0 saturated carbocycles. The van der Waals surface area contributed by atoms with E-state index in [9.17, 15) is 0 Å². The van der Waals surface area contributed by atoms with E-state index in [2.05, 4.69) is 53.0 Å². The fraction of sp³-hybridized carbons (Fsp3) is 0.812. The van der Waals surface area contributed by atoms with Crippen LogP contribution in [0, 0.1) is 0 Å². The maximum Gasteiger partial charge on any atom is 0.0765 e. The Kier molecular flexibility index (Phi) is 6.05. The Morgan fingerprint density at radius 2 is 2.25 bits per heavy atom. The van der Waals surface area contributed by atoms with Gasteiger partial charge in [0.2, 0.25) is 0 Å². The molecule has 1 unspecified atom stereocenters. The Bertz CT molecular complexity index is 386. The zero-order valence-electron chi connectivity index (χ0n) is 13.3. The summed E-state index contributed by atoms with van der Waals surface area (Å²) in [5.74, 6) is 0. The van der Waals surface area contributed by atoms with Crippen LogP contribution in [0.3, 0.4) is 0 Å². The van der Waals surface area contributed by atoms with Crippen LogP contribution < -0.4 is 5.32 Å². The number of aromatic nitrogens is 2. The van der Waals surface area contributed by atoms with Crippen LogP contribution in [-0.4, -0.2) is 40.4 Å². The minimum absolute atomic E-state index is 0.451. The fourth-order valence-corrected chi connectivity index (χ4v) is 2.90. The highest BCUT2D eigenvalue weighted by Gasteiger charge is 2.22. The van der Waals surface area contributed by atoms with E-state index >= 15 is 0 Å². The highest BCUT2D eigenvalue weighted by Crippen LogP contribution is 2.19. The molecule has 114 valence electrons. The average molecular weight is 278 g/mol. The van der Waals surface area contributed by atoms with Crippen LogP contribution in [0.2, 0.25) is 0 Å². The lowest BCUT2D eigenvalue weighted by molar-refractivity contribution is 0.135. The van der Waals surface area contributed by atoms with Gasteiger partial charge in [-0.05, 0) is 52.3 Å². The molecule has 0 amide bonds. The first kappa shape index (κ1) is 15.5. The van der Waals surface area contributed by atoms with Gasteiger partial charge >= 0.3 is 0 Å². The van der Waals surface area contributed by atoms with Crippen LogP contribution in [-0.2, 0) is 6.54 Å². The predicted molar refractivity (Wildman–Crippen MR) is 83.8 cm³/mol. The normalized spacial score (nSPS) is 20.7. The molecule has 4 heteroatoms. The first-order chi connectivity index (χ1) is 9.70. The first-order valence-electron chi connectivity index (χ1n) is 8.19. The Balaban J connectivity index is 1.90. The molecule has 4 nitrogen and oxygen atoms in total. The van der Waals surface area contributed by atoms with Crippen LogP contribution in [0.5, 0.6) is 0 Å². The van der Waals surface area contributed by atoms with Crippen molar-refractivity contribution in [3.63, 3.8) is 0 Å². The molecular weight excluding hydrogens is 248 g/mol. The fourth-order valence-electron chi connectivity index (χ4n) is 2.90. The average Bonchev–Trinajstić information content (AvgIpc) is 2.90. The molecule has 0 spiro atoms. The molecule has 1 aromatic heterocycles. The summed E-state index contributed by atoms with van der Waals surface area (Å²) >= 11 is 0. The third-order valence-corrected chi connectivity index (χ3v) is 4.11. The summed E-state index contributed by atoms with van der Waals surface area (Å²) in [6, 6.07) is 3.30. The lowest BCUT2D eigenvalue weighted by atomic mass is 10.0. The molecule has 1 N–H and O–H groups in total. The van der Waals surface area contributed by atoms with Crippen LogP contribution in [0.15, 0.2) is 12.3 Å². The van der Waals surface area contributed by atoms with Crippen LogP contribution in [0.4, 0.5) is 0 Å². The van der Waals surface area contributed by atoms with Gasteiger partial charge in [-0.15, -0.1) is 0 Å². The Morgan fingerprint density at radius 3 is 2.95 bits per heavy atom. The van der Waals surface area contributed by atoms with Crippen molar-refractivity contribution >= 4 is 0 Å². The molecule has 1 aromatic rings. The van der Waals surface area contributed by atoms with E-state index in [0.29, 0.717) is 12.1 Å².